The van der Waals surface area contributed by atoms with Crippen LogP contribution in [0.1, 0.15) is 0 Å². The van der Waals surface area contributed by atoms with Gasteiger partial charge in [0.1, 0.15) is 16.1 Å². The Kier molecular flexibility index (Phi) is 4.02. The zero-order valence-electron chi connectivity index (χ0n) is 10.9. The third kappa shape index (κ3) is 2.84. The first kappa shape index (κ1) is 14.6. The van der Waals surface area contributed by atoms with E-state index < -0.39 is 0 Å². The third-order valence-electron chi connectivity index (χ3n) is 3.08. The molecule has 0 saturated carbocycles. The molecule has 1 aromatic heterocycles. The SMILES string of the molecule is COc1ccc2cc(-c3nc(Cl)c(Br)c(Cl)n3)ccc2c1. The van der Waals surface area contributed by atoms with E-state index in [1.807, 2.05) is 36.4 Å². The Morgan fingerprint density at radius 3 is 2.24 bits per heavy atom. The fourth-order valence-corrected chi connectivity index (χ4v) is 2.58. The van der Waals surface area contributed by atoms with Crippen molar-refractivity contribution < 1.29 is 4.74 Å². The van der Waals surface area contributed by atoms with Gasteiger partial charge in [-0.2, -0.15) is 0 Å². The van der Waals surface area contributed by atoms with E-state index in [-0.39, 0.29) is 0 Å². The van der Waals surface area contributed by atoms with Gasteiger partial charge in [0.2, 0.25) is 0 Å². The lowest BCUT2D eigenvalue weighted by atomic mass is 10.1. The van der Waals surface area contributed by atoms with Gasteiger partial charge in [-0.05, 0) is 44.9 Å². The summed E-state index contributed by atoms with van der Waals surface area (Å²) in [5.74, 6) is 1.31. The van der Waals surface area contributed by atoms with Crippen molar-refractivity contribution in [3.8, 4) is 17.1 Å². The number of methoxy groups -OCH3 is 1. The first-order valence-electron chi connectivity index (χ1n) is 6.05. The molecule has 0 amide bonds. The zero-order valence-corrected chi connectivity index (χ0v) is 14.0. The number of ether oxygens (including phenoxy) is 1. The molecule has 0 unspecified atom stereocenters. The van der Waals surface area contributed by atoms with Crippen LogP contribution in [-0.4, -0.2) is 17.1 Å². The summed E-state index contributed by atoms with van der Waals surface area (Å²) >= 11 is 15.3. The molecule has 106 valence electrons. The average Bonchev–Trinajstić information content (AvgIpc) is 2.51. The smallest absolute Gasteiger partial charge is 0.162 e. The fourth-order valence-electron chi connectivity index (χ4n) is 2.01. The summed E-state index contributed by atoms with van der Waals surface area (Å²) in [5, 5.41) is 2.72. The minimum atomic E-state index is 0.292. The molecule has 0 radical (unpaired) electrons. The Balaban J connectivity index is 2.13. The molecule has 2 aromatic carbocycles. The van der Waals surface area contributed by atoms with Crippen molar-refractivity contribution in [2.45, 2.75) is 0 Å². The molecule has 0 saturated heterocycles. The third-order valence-corrected chi connectivity index (χ3v) is 4.83. The van der Waals surface area contributed by atoms with Crippen LogP contribution in [0.25, 0.3) is 22.2 Å². The van der Waals surface area contributed by atoms with E-state index in [1.54, 1.807) is 7.11 Å². The molecule has 21 heavy (non-hydrogen) atoms. The van der Waals surface area contributed by atoms with Crippen LogP contribution in [0.4, 0.5) is 0 Å². The van der Waals surface area contributed by atoms with E-state index in [2.05, 4.69) is 25.9 Å². The number of fused-ring (bicyclic) bond motifs is 1. The van der Waals surface area contributed by atoms with Crippen LogP contribution >= 0.6 is 39.1 Å². The minimum absolute atomic E-state index is 0.292. The number of nitrogens with zero attached hydrogens (tertiary/aromatic N) is 2. The van der Waals surface area contributed by atoms with E-state index >= 15 is 0 Å². The summed E-state index contributed by atoms with van der Waals surface area (Å²) in [5.41, 5.74) is 0.851. The van der Waals surface area contributed by atoms with Crippen LogP contribution in [0.5, 0.6) is 5.75 Å². The molecule has 0 bridgehead atoms. The standard InChI is InChI=1S/C15H9BrCl2N2O/c1-21-11-5-4-8-6-10(3-2-9(8)7-11)15-19-13(17)12(16)14(18)20-15/h2-7H,1H3. The fraction of sp³-hybridized carbons (Fsp3) is 0.0667. The summed E-state index contributed by atoms with van der Waals surface area (Å²) in [6.07, 6.45) is 0. The summed E-state index contributed by atoms with van der Waals surface area (Å²) in [6, 6.07) is 11.8. The molecule has 3 rings (SSSR count). The van der Waals surface area contributed by atoms with Gasteiger partial charge in [-0.3, -0.25) is 0 Å². The molecule has 3 nitrogen and oxygen atoms in total. The lowest BCUT2D eigenvalue weighted by molar-refractivity contribution is 0.415. The lowest BCUT2D eigenvalue weighted by Gasteiger charge is -2.06. The molecule has 1 heterocycles. The average molecular weight is 384 g/mol. The van der Waals surface area contributed by atoms with Crippen LogP contribution in [0.15, 0.2) is 40.9 Å². The Bertz CT molecular complexity index is 816. The second kappa shape index (κ2) is 5.79. The highest BCUT2D eigenvalue weighted by atomic mass is 79.9. The summed E-state index contributed by atoms with van der Waals surface area (Å²) < 4.78 is 5.72. The first-order chi connectivity index (χ1) is 10.1. The number of hydrogen-bond donors (Lipinski definition) is 0. The molecule has 0 aliphatic rings. The number of halogens is 3. The number of aromatic nitrogens is 2. The van der Waals surface area contributed by atoms with Gasteiger partial charge in [-0.25, -0.2) is 9.97 Å². The minimum Gasteiger partial charge on any atom is -0.497 e. The van der Waals surface area contributed by atoms with Crippen molar-refractivity contribution in [3.63, 3.8) is 0 Å². The maximum Gasteiger partial charge on any atom is 0.162 e. The second-order valence-corrected chi connectivity index (χ2v) is 5.88. The van der Waals surface area contributed by atoms with Gasteiger partial charge in [0.15, 0.2) is 5.82 Å². The van der Waals surface area contributed by atoms with Gasteiger partial charge in [0, 0.05) is 5.56 Å². The quantitative estimate of drug-likeness (QED) is 0.557. The Morgan fingerprint density at radius 1 is 0.952 bits per heavy atom. The van der Waals surface area contributed by atoms with E-state index in [0.717, 1.165) is 22.1 Å². The normalized spacial score (nSPS) is 10.9. The van der Waals surface area contributed by atoms with E-state index in [0.29, 0.717) is 20.6 Å². The van der Waals surface area contributed by atoms with Gasteiger partial charge in [0.25, 0.3) is 0 Å². The van der Waals surface area contributed by atoms with Gasteiger partial charge < -0.3 is 4.74 Å². The van der Waals surface area contributed by atoms with Crippen molar-refractivity contribution in [2.75, 3.05) is 7.11 Å². The Hall–Kier alpha value is -1.36. The first-order valence-corrected chi connectivity index (χ1v) is 7.60. The van der Waals surface area contributed by atoms with E-state index in [9.17, 15) is 0 Å². The van der Waals surface area contributed by atoms with Gasteiger partial charge in [0.05, 0.1) is 11.6 Å². The maximum atomic E-state index is 6.03. The van der Waals surface area contributed by atoms with Crippen LogP contribution in [0.3, 0.4) is 0 Å². The lowest BCUT2D eigenvalue weighted by Crippen LogP contribution is -1.92. The highest BCUT2D eigenvalue weighted by Gasteiger charge is 2.11. The van der Waals surface area contributed by atoms with Crippen LogP contribution in [-0.2, 0) is 0 Å². The molecule has 0 spiro atoms. The number of hydrogen-bond acceptors (Lipinski definition) is 3. The van der Waals surface area contributed by atoms with E-state index in [4.69, 9.17) is 27.9 Å². The van der Waals surface area contributed by atoms with Gasteiger partial charge >= 0.3 is 0 Å². The van der Waals surface area contributed by atoms with Crippen molar-refractivity contribution in [2.24, 2.45) is 0 Å². The molecule has 0 fully saturated rings. The largest absolute Gasteiger partial charge is 0.497 e. The molecule has 0 aliphatic heterocycles. The molecule has 0 aliphatic carbocycles. The molecule has 6 heteroatoms. The topological polar surface area (TPSA) is 35.0 Å². The van der Waals surface area contributed by atoms with Gasteiger partial charge in [-0.15, -0.1) is 0 Å². The molecular formula is C15H9BrCl2N2O. The summed E-state index contributed by atoms with van der Waals surface area (Å²) in [6.45, 7) is 0. The molecule has 0 N–H and O–H groups in total. The summed E-state index contributed by atoms with van der Waals surface area (Å²) in [7, 11) is 1.65. The van der Waals surface area contributed by atoms with Gasteiger partial charge in [-0.1, -0.05) is 41.4 Å². The number of benzene rings is 2. The van der Waals surface area contributed by atoms with Crippen molar-refractivity contribution in [1.82, 2.24) is 9.97 Å². The van der Waals surface area contributed by atoms with Crippen LogP contribution in [0, 0.1) is 0 Å². The zero-order chi connectivity index (χ0) is 15.0. The van der Waals surface area contributed by atoms with Crippen LogP contribution < -0.4 is 4.74 Å². The highest BCUT2D eigenvalue weighted by Crippen LogP contribution is 2.31. The number of rotatable bonds is 2. The molecular weight excluding hydrogens is 375 g/mol. The van der Waals surface area contributed by atoms with Crippen molar-refractivity contribution >= 4 is 49.9 Å². The Morgan fingerprint density at radius 2 is 1.57 bits per heavy atom. The Labute approximate surface area is 140 Å². The van der Waals surface area contributed by atoms with E-state index in [1.165, 1.54) is 0 Å². The predicted octanol–water partition coefficient (Wildman–Crippen LogP) is 5.37. The summed E-state index contributed by atoms with van der Waals surface area (Å²) in [4.78, 5) is 8.49. The van der Waals surface area contributed by atoms with Crippen LogP contribution in [0.2, 0.25) is 10.3 Å². The molecule has 0 atom stereocenters. The van der Waals surface area contributed by atoms with Crippen molar-refractivity contribution in [1.29, 1.82) is 0 Å². The highest BCUT2D eigenvalue weighted by molar-refractivity contribution is 9.10. The van der Waals surface area contributed by atoms with Crippen molar-refractivity contribution in [3.05, 3.63) is 51.2 Å². The molecule has 3 aromatic rings. The monoisotopic (exact) mass is 382 g/mol. The predicted molar refractivity (Wildman–Crippen MR) is 89.2 cm³/mol. The maximum absolute atomic E-state index is 6.03. The second-order valence-electron chi connectivity index (χ2n) is 4.37.